The Bertz CT molecular complexity index is 581. The number of carbonyl (C=O) groups excluding carboxylic acids is 1. The number of aliphatic carboxylic acids is 1. The fraction of sp³-hybridized carbons (Fsp3) is 0.200. The quantitative estimate of drug-likeness (QED) is 0.213. The zero-order valence-electron chi connectivity index (χ0n) is 11.7. The number of carboxylic acid groups (broad SMARTS) is 1. The van der Waals surface area contributed by atoms with E-state index in [9.17, 15) is 17.1 Å². The Kier molecular flexibility index (Phi) is 11.9. The van der Waals surface area contributed by atoms with Gasteiger partial charge in [0.05, 0.1) is 6.54 Å². The summed E-state index contributed by atoms with van der Waals surface area (Å²) < 4.78 is 52.8. The predicted molar refractivity (Wildman–Crippen MR) is 78.6 cm³/mol. The van der Waals surface area contributed by atoms with E-state index in [0.29, 0.717) is 0 Å². The first-order valence-corrected chi connectivity index (χ1v) is 12.4. The molecule has 0 heterocycles. The van der Waals surface area contributed by atoms with Crippen LogP contribution in [0.5, 0.6) is 0 Å². The monoisotopic (exact) mass is 460 g/mol. The van der Waals surface area contributed by atoms with E-state index < -0.39 is 45.4 Å². The third-order valence-electron chi connectivity index (χ3n) is 1.77. The van der Waals surface area contributed by atoms with Crippen LogP contribution in [0.1, 0.15) is 0 Å². The number of benzene rings is 1. The summed E-state index contributed by atoms with van der Waals surface area (Å²) in [4.78, 5) is 19.2. The van der Waals surface area contributed by atoms with Crippen molar-refractivity contribution in [3.63, 3.8) is 0 Å². The molecule has 9 N–H and O–H groups in total. The minimum atomic E-state index is -5.08. The Morgan fingerprint density at radius 2 is 1.30 bits per heavy atom. The Morgan fingerprint density at radius 3 is 1.43 bits per heavy atom. The fourth-order valence-electron chi connectivity index (χ4n) is 0.741. The van der Waals surface area contributed by atoms with Crippen LogP contribution >= 0.6 is 0 Å². The molecule has 0 amide bonds. The van der Waals surface area contributed by atoms with Crippen LogP contribution in [-0.2, 0) is 17.1 Å². The molecule has 0 atom stereocenters. The van der Waals surface area contributed by atoms with Crippen molar-refractivity contribution in [3.05, 3.63) is 30.3 Å². The van der Waals surface area contributed by atoms with Gasteiger partial charge in [0.2, 0.25) is 0 Å². The number of rotatable bonds is 4. The second-order valence-corrected chi connectivity index (χ2v) is 10.3. The van der Waals surface area contributed by atoms with Gasteiger partial charge in [0.25, 0.3) is 0 Å². The van der Waals surface area contributed by atoms with Crippen LogP contribution < -0.4 is 15.8 Å². The molecular formula is C10H18As2N2O9. The van der Waals surface area contributed by atoms with Gasteiger partial charge >= 0.3 is 115 Å². The van der Waals surface area contributed by atoms with E-state index in [4.69, 9.17) is 21.5 Å². The number of carbonyl (C=O) groups is 2. The molecule has 0 saturated heterocycles. The van der Waals surface area contributed by atoms with Crippen LogP contribution in [0.3, 0.4) is 0 Å². The van der Waals surface area contributed by atoms with Gasteiger partial charge in [-0.1, -0.05) is 0 Å². The van der Waals surface area contributed by atoms with E-state index in [1.807, 2.05) is 0 Å². The first kappa shape index (κ1) is 24.1. The summed E-state index contributed by atoms with van der Waals surface area (Å²) in [5, 5.41) is 7.60. The maximum atomic E-state index is 10.6. The van der Waals surface area contributed by atoms with Gasteiger partial charge in [0, 0.05) is 0 Å². The minimum absolute atomic E-state index is 0.126. The van der Waals surface area contributed by atoms with E-state index in [2.05, 4.69) is 11.5 Å². The third-order valence-corrected chi connectivity index (χ3v) is 5.55. The Morgan fingerprint density at radius 1 is 0.913 bits per heavy atom. The zero-order chi connectivity index (χ0) is 18.7. The molecule has 0 fully saturated rings. The van der Waals surface area contributed by atoms with Gasteiger partial charge in [0.15, 0.2) is 0 Å². The number of hydrogen-bond donors (Lipinski definition) is 7. The van der Waals surface area contributed by atoms with Crippen molar-refractivity contribution in [2.75, 3.05) is 13.1 Å². The van der Waals surface area contributed by atoms with E-state index in [0.717, 1.165) is 0 Å². The molecule has 1 rings (SSSR count). The van der Waals surface area contributed by atoms with Gasteiger partial charge in [0.1, 0.15) is 0 Å². The average molecular weight is 460 g/mol. The number of nitrogens with two attached hydrogens (primary N) is 2. The normalized spacial score (nSPS) is 10.5. The van der Waals surface area contributed by atoms with Crippen LogP contribution in [0.4, 0.5) is 0 Å². The molecule has 1 aromatic rings. The van der Waals surface area contributed by atoms with E-state index in [-0.39, 0.29) is 10.9 Å². The second kappa shape index (κ2) is 11.4. The number of carboxylic acids is 1. The molecule has 132 valence electrons. The molecule has 13 heteroatoms. The molecule has 23 heavy (non-hydrogen) atoms. The first-order chi connectivity index (χ1) is 10.4. The van der Waals surface area contributed by atoms with E-state index in [1.54, 1.807) is 18.2 Å². The third kappa shape index (κ3) is 14.2. The van der Waals surface area contributed by atoms with Crippen LogP contribution in [0.25, 0.3) is 0 Å². The summed E-state index contributed by atoms with van der Waals surface area (Å²) in [6.07, 6.45) is 0. The summed E-state index contributed by atoms with van der Waals surface area (Å²) in [5.41, 5.74) is 9.20. The standard InChI is InChI=1S/C6H7AsO3.C2H6AsNO4.C2H5NO2/c8-7(9,10)6-4-2-1-3-5-6;4-1-2(5)3(6,7)8;3-1-2(4)5/h1-5H,(H2,8,9,10);1,4H2,(H2,6,7,8);1,3H2,(H,4,5). The Hall–Kier alpha value is -1.16. The summed E-state index contributed by atoms with van der Waals surface area (Å²) >= 11 is -9.67. The fourth-order valence-corrected chi connectivity index (χ4v) is 2.42. The molecule has 0 radical (unpaired) electrons. The molecule has 11 nitrogen and oxygen atoms in total. The second-order valence-electron chi connectivity index (χ2n) is 3.62. The summed E-state index contributed by atoms with van der Waals surface area (Å²) in [7, 11) is 0. The van der Waals surface area contributed by atoms with Crippen molar-refractivity contribution < 1.29 is 38.6 Å². The molecule has 0 aliphatic heterocycles. The zero-order valence-corrected chi connectivity index (χ0v) is 15.5. The van der Waals surface area contributed by atoms with Gasteiger partial charge in [-0.15, -0.1) is 0 Å². The van der Waals surface area contributed by atoms with E-state index in [1.165, 1.54) is 12.1 Å². The van der Waals surface area contributed by atoms with Gasteiger partial charge in [-0.05, 0) is 0 Å². The maximum absolute atomic E-state index is 10.6. The SMILES string of the molecule is NCC(=O)O.NCC(=O)[As](=O)(O)O.O=[As](O)(O)c1ccccc1. The summed E-state index contributed by atoms with van der Waals surface area (Å²) in [6.45, 7) is -0.858. The molecule has 1 aromatic carbocycles. The average Bonchev–Trinajstić information content (AvgIpc) is 2.46. The van der Waals surface area contributed by atoms with Crippen molar-refractivity contribution in [2.45, 2.75) is 0 Å². The van der Waals surface area contributed by atoms with Crippen LogP contribution in [-0.4, -0.2) is 73.5 Å². The molecule has 0 bridgehead atoms. The molecule has 0 saturated carbocycles. The van der Waals surface area contributed by atoms with Crippen LogP contribution in [0.15, 0.2) is 30.3 Å². The summed E-state index contributed by atoms with van der Waals surface area (Å²) in [5.74, 6) is -0.968. The Balaban J connectivity index is 0. The number of hydrogen-bond acceptors (Lipinski definition) is 6. The van der Waals surface area contributed by atoms with Crippen LogP contribution in [0, 0.1) is 0 Å². The first-order valence-electron chi connectivity index (χ1n) is 5.68. The molecular weight excluding hydrogens is 442 g/mol. The predicted octanol–water partition coefficient (Wildman–Crippen LogP) is -4.32. The Labute approximate surface area is 136 Å². The van der Waals surface area contributed by atoms with E-state index >= 15 is 0 Å². The van der Waals surface area contributed by atoms with Gasteiger partial charge < -0.3 is 10.8 Å². The van der Waals surface area contributed by atoms with Gasteiger partial charge in [-0.3, -0.25) is 4.79 Å². The van der Waals surface area contributed by atoms with Gasteiger partial charge in [-0.2, -0.15) is 0 Å². The molecule has 0 aliphatic carbocycles. The molecule has 0 aliphatic rings. The van der Waals surface area contributed by atoms with Crippen molar-refractivity contribution in [3.8, 4) is 0 Å². The summed E-state index contributed by atoms with van der Waals surface area (Å²) in [6, 6.07) is 7.79. The van der Waals surface area contributed by atoms with Crippen molar-refractivity contribution in [2.24, 2.45) is 11.5 Å². The van der Waals surface area contributed by atoms with Gasteiger partial charge in [-0.25, -0.2) is 0 Å². The topological polar surface area (TPSA) is 221 Å². The molecule has 0 aromatic heterocycles. The van der Waals surface area contributed by atoms with Crippen molar-refractivity contribution in [1.29, 1.82) is 0 Å². The molecule has 0 spiro atoms. The van der Waals surface area contributed by atoms with Crippen LogP contribution in [0.2, 0.25) is 0 Å². The van der Waals surface area contributed by atoms with Crippen molar-refractivity contribution in [1.82, 2.24) is 0 Å². The molecule has 0 unspecified atom stereocenters. The van der Waals surface area contributed by atoms with Crippen molar-refractivity contribution >= 4 is 43.2 Å².